The van der Waals surface area contributed by atoms with Gasteiger partial charge in [0.2, 0.25) is 0 Å². The molecule has 0 spiro atoms. The highest BCUT2D eigenvalue weighted by atomic mass is 79.9. The summed E-state index contributed by atoms with van der Waals surface area (Å²) in [6.45, 7) is 4.79. The first-order valence-electron chi connectivity index (χ1n) is 5.86. The summed E-state index contributed by atoms with van der Waals surface area (Å²) >= 11 is 3.03. The lowest BCUT2D eigenvalue weighted by molar-refractivity contribution is -0.384. The Kier molecular flexibility index (Phi) is 5.53. The van der Waals surface area contributed by atoms with E-state index in [1.54, 1.807) is 0 Å². The van der Waals surface area contributed by atoms with Gasteiger partial charge >= 0.3 is 0 Å². The van der Waals surface area contributed by atoms with Crippen LogP contribution in [0.4, 0.5) is 15.8 Å². The summed E-state index contributed by atoms with van der Waals surface area (Å²) in [5, 5.41) is 13.9. The van der Waals surface area contributed by atoms with Crippen LogP contribution in [-0.4, -0.2) is 11.5 Å². The summed E-state index contributed by atoms with van der Waals surface area (Å²) in [6, 6.07) is 2.34. The Morgan fingerprint density at radius 3 is 2.56 bits per heavy atom. The van der Waals surface area contributed by atoms with Crippen molar-refractivity contribution in [2.75, 3.05) is 11.9 Å². The molecule has 0 aliphatic carbocycles. The van der Waals surface area contributed by atoms with Gasteiger partial charge in [0.05, 0.1) is 15.5 Å². The number of benzene rings is 1. The van der Waals surface area contributed by atoms with Gasteiger partial charge in [-0.2, -0.15) is 0 Å². The van der Waals surface area contributed by atoms with Gasteiger partial charge < -0.3 is 5.32 Å². The second kappa shape index (κ2) is 6.68. The Bertz CT molecular complexity index is 436. The number of rotatable bonds is 6. The van der Waals surface area contributed by atoms with Gasteiger partial charge in [0.1, 0.15) is 11.5 Å². The van der Waals surface area contributed by atoms with Crippen LogP contribution in [0.25, 0.3) is 0 Å². The van der Waals surface area contributed by atoms with Crippen molar-refractivity contribution in [3.8, 4) is 0 Å². The van der Waals surface area contributed by atoms with E-state index in [-0.39, 0.29) is 10.2 Å². The molecule has 1 aromatic rings. The van der Waals surface area contributed by atoms with Gasteiger partial charge in [-0.25, -0.2) is 4.39 Å². The van der Waals surface area contributed by atoms with E-state index in [4.69, 9.17) is 0 Å². The third-order valence-corrected chi connectivity index (χ3v) is 3.58. The molecule has 0 aromatic heterocycles. The van der Waals surface area contributed by atoms with Crippen molar-refractivity contribution in [3.05, 3.63) is 32.5 Å². The molecule has 0 saturated carbocycles. The molecule has 100 valence electrons. The van der Waals surface area contributed by atoms with E-state index in [0.717, 1.165) is 18.9 Å². The first-order valence-corrected chi connectivity index (χ1v) is 6.66. The van der Waals surface area contributed by atoms with Crippen molar-refractivity contribution in [2.24, 2.45) is 5.92 Å². The lowest BCUT2D eigenvalue weighted by atomic mass is 10.0. The fraction of sp³-hybridized carbons (Fsp3) is 0.500. The maximum absolute atomic E-state index is 13.3. The Morgan fingerprint density at radius 1 is 1.44 bits per heavy atom. The minimum atomic E-state index is -0.630. The van der Waals surface area contributed by atoms with Crippen molar-refractivity contribution in [3.63, 3.8) is 0 Å². The van der Waals surface area contributed by atoms with Crippen molar-refractivity contribution in [1.29, 1.82) is 0 Å². The molecular weight excluding hydrogens is 303 g/mol. The summed E-state index contributed by atoms with van der Waals surface area (Å²) < 4.78 is 13.5. The van der Waals surface area contributed by atoms with Gasteiger partial charge in [-0.15, -0.1) is 0 Å². The predicted molar refractivity (Wildman–Crippen MR) is 73.3 cm³/mol. The van der Waals surface area contributed by atoms with Crippen LogP contribution >= 0.6 is 15.9 Å². The van der Waals surface area contributed by atoms with Crippen molar-refractivity contribution in [1.82, 2.24) is 0 Å². The molecule has 18 heavy (non-hydrogen) atoms. The molecule has 1 rings (SSSR count). The molecule has 0 amide bonds. The fourth-order valence-electron chi connectivity index (χ4n) is 1.66. The smallest absolute Gasteiger partial charge is 0.295 e. The van der Waals surface area contributed by atoms with E-state index in [1.807, 2.05) is 0 Å². The molecule has 0 fully saturated rings. The van der Waals surface area contributed by atoms with Crippen LogP contribution in [0.1, 0.15) is 26.7 Å². The molecule has 0 aliphatic rings. The van der Waals surface area contributed by atoms with Gasteiger partial charge in [0.25, 0.3) is 5.69 Å². The lowest BCUT2D eigenvalue weighted by Crippen LogP contribution is -2.13. The maximum atomic E-state index is 13.3. The normalized spacial score (nSPS) is 10.7. The Labute approximate surface area is 114 Å². The molecule has 1 N–H and O–H groups in total. The average molecular weight is 319 g/mol. The molecule has 0 aliphatic heterocycles. The number of nitrogens with zero attached hydrogens (tertiary/aromatic N) is 1. The van der Waals surface area contributed by atoms with E-state index < -0.39 is 10.7 Å². The molecule has 0 unspecified atom stereocenters. The average Bonchev–Trinajstić information content (AvgIpc) is 2.34. The van der Waals surface area contributed by atoms with Crippen LogP contribution in [0.15, 0.2) is 16.6 Å². The molecular formula is C12H16BrFN2O2. The third kappa shape index (κ3) is 3.66. The summed E-state index contributed by atoms with van der Waals surface area (Å²) in [5.74, 6) is -0.178. The number of hydrogen-bond donors (Lipinski definition) is 1. The van der Waals surface area contributed by atoms with E-state index in [2.05, 4.69) is 35.1 Å². The first-order chi connectivity index (χ1) is 8.49. The first kappa shape index (κ1) is 14.9. The van der Waals surface area contributed by atoms with Crippen molar-refractivity contribution in [2.45, 2.75) is 26.7 Å². The highest BCUT2D eigenvalue weighted by Crippen LogP contribution is 2.30. The number of halogens is 2. The van der Waals surface area contributed by atoms with Crippen LogP contribution in [0.2, 0.25) is 0 Å². The second-order valence-electron chi connectivity index (χ2n) is 4.10. The molecule has 1 aromatic carbocycles. The summed E-state index contributed by atoms with van der Waals surface area (Å²) in [7, 11) is 0. The summed E-state index contributed by atoms with van der Waals surface area (Å²) in [4.78, 5) is 10.3. The largest absolute Gasteiger partial charge is 0.379 e. The zero-order valence-electron chi connectivity index (χ0n) is 10.4. The molecule has 0 saturated heterocycles. The molecule has 6 heteroatoms. The highest BCUT2D eigenvalue weighted by molar-refractivity contribution is 9.10. The maximum Gasteiger partial charge on any atom is 0.295 e. The van der Waals surface area contributed by atoms with Gasteiger partial charge in [0.15, 0.2) is 0 Å². The minimum Gasteiger partial charge on any atom is -0.379 e. The van der Waals surface area contributed by atoms with Crippen molar-refractivity contribution >= 4 is 27.3 Å². The molecule has 4 nitrogen and oxygen atoms in total. The third-order valence-electron chi connectivity index (χ3n) is 2.97. The quantitative estimate of drug-likeness (QED) is 0.626. The van der Waals surface area contributed by atoms with Crippen molar-refractivity contribution < 1.29 is 9.31 Å². The van der Waals surface area contributed by atoms with Crippen LogP contribution in [0.5, 0.6) is 0 Å². The lowest BCUT2D eigenvalue weighted by Gasteiger charge is -2.14. The number of anilines is 1. The predicted octanol–water partition coefficient (Wildman–Crippen LogP) is 4.34. The summed E-state index contributed by atoms with van der Waals surface area (Å²) in [6.07, 6.45) is 2.00. The van der Waals surface area contributed by atoms with Crippen LogP contribution in [0.3, 0.4) is 0 Å². The number of nitro benzene ring substituents is 1. The van der Waals surface area contributed by atoms with Gasteiger partial charge in [-0.1, -0.05) is 26.7 Å². The number of nitrogens with one attached hydrogen (secondary N) is 1. The molecule has 0 bridgehead atoms. The SMILES string of the molecule is CCC(CC)CNc1cc(Br)c(F)cc1[N+](=O)[O-]. The molecule has 0 heterocycles. The topological polar surface area (TPSA) is 55.2 Å². The minimum absolute atomic E-state index is 0.222. The van der Waals surface area contributed by atoms with Crippen LogP contribution in [-0.2, 0) is 0 Å². The standard InChI is InChI=1S/C12H16BrFN2O2/c1-3-8(4-2)7-15-11-5-9(13)10(14)6-12(11)16(17)18/h5-6,8,15H,3-4,7H2,1-2H3. The highest BCUT2D eigenvalue weighted by Gasteiger charge is 2.18. The Balaban J connectivity index is 2.93. The van der Waals surface area contributed by atoms with Gasteiger partial charge in [0, 0.05) is 6.54 Å². The molecule has 0 radical (unpaired) electrons. The Morgan fingerprint density at radius 2 is 2.06 bits per heavy atom. The summed E-state index contributed by atoms with van der Waals surface area (Å²) in [5.41, 5.74) is 0.113. The van der Waals surface area contributed by atoms with E-state index in [0.29, 0.717) is 18.2 Å². The van der Waals surface area contributed by atoms with Gasteiger partial charge in [-0.3, -0.25) is 10.1 Å². The zero-order valence-corrected chi connectivity index (χ0v) is 12.0. The number of hydrogen-bond acceptors (Lipinski definition) is 3. The van der Waals surface area contributed by atoms with E-state index in [1.165, 1.54) is 6.07 Å². The van der Waals surface area contributed by atoms with Crippen LogP contribution < -0.4 is 5.32 Å². The Hall–Kier alpha value is -1.17. The number of nitro groups is 1. The molecule has 0 atom stereocenters. The monoisotopic (exact) mass is 318 g/mol. The second-order valence-corrected chi connectivity index (χ2v) is 4.96. The van der Waals surface area contributed by atoms with Gasteiger partial charge in [-0.05, 0) is 27.9 Å². The van der Waals surface area contributed by atoms with E-state index in [9.17, 15) is 14.5 Å². The fourth-order valence-corrected chi connectivity index (χ4v) is 2.00. The zero-order chi connectivity index (χ0) is 13.7. The van der Waals surface area contributed by atoms with E-state index >= 15 is 0 Å². The van der Waals surface area contributed by atoms with Crippen LogP contribution in [0, 0.1) is 21.8 Å².